The van der Waals surface area contributed by atoms with Crippen LogP contribution < -0.4 is 5.32 Å². The molecule has 1 aromatic carbocycles. The Hall–Kier alpha value is -0.880. The molecule has 0 aliphatic heterocycles. The molecule has 0 aliphatic carbocycles. The highest BCUT2D eigenvalue weighted by molar-refractivity contribution is 14.1. The van der Waals surface area contributed by atoms with Crippen LogP contribution in [-0.2, 0) is 0 Å². The van der Waals surface area contributed by atoms with Crippen LogP contribution in [0.5, 0.6) is 0 Å². The number of rotatable bonds is 2. The summed E-state index contributed by atoms with van der Waals surface area (Å²) >= 11 is 3.78. The van der Waals surface area contributed by atoms with E-state index in [0.717, 1.165) is 19.0 Å². The second-order valence-corrected chi connectivity index (χ2v) is 6.28. The van der Waals surface area contributed by atoms with E-state index in [9.17, 15) is 4.79 Å². The summed E-state index contributed by atoms with van der Waals surface area (Å²) in [5.74, 6) is -0.0391. The number of benzene rings is 1. The lowest BCUT2D eigenvalue weighted by molar-refractivity contribution is 0.103. The average Bonchev–Trinajstić information content (AvgIpc) is 2.70. The van der Waals surface area contributed by atoms with Crippen molar-refractivity contribution in [2.45, 2.75) is 13.8 Å². The smallest absolute Gasteiger partial charge is 0.265 e. The standard InChI is InChI=1S/C13H12INOS/c1-8-3-5-10(7-11(8)14)15-13(16)12-6-4-9(2)17-12/h3-7H,1-2H3,(H,15,16). The van der Waals surface area contributed by atoms with Gasteiger partial charge in [-0.25, -0.2) is 0 Å². The maximum absolute atomic E-state index is 11.9. The van der Waals surface area contributed by atoms with E-state index in [1.54, 1.807) is 0 Å². The zero-order valence-electron chi connectivity index (χ0n) is 9.58. The van der Waals surface area contributed by atoms with Crippen molar-refractivity contribution in [3.8, 4) is 0 Å². The Kier molecular flexibility index (Phi) is 3.83. The highest BCUT2D eigenvalue weighted by atomic mass is 127. The Balaban J connectivity index is 2.15. The monoisotopic (exact) mass is 357 g/mol. The molecule has 0 radical (unpaired) electrons. The van der Waals surface area contributed by atoms with Crippen LogP contribution in [-0.4, -0.2) is 5.91 Å². The molecule has 1 N–H and O–H groups in total. The molecule has 0 saturated heterocycles. The number of amides is 1. The predicted octanol–water partition coefficient (Wildman–Crippen LogP) is 4.22. The van der Waals surface area contributed by atoms with Crippen LogP contribution >= 0.6 is 33.9 Å². The van der Waals surface area contributed by atoms with E-state index >= 15 is 0 Å². The molecule has 4 heteroatoms. The minimum Gasteiger partial charge on any atom is -0.321 e. The molecule has 0 saturated carbocycles. The number of anilines is 1. The van der Waals surface area contributed by atoms with Crippen molar-refractivity contribution in [3.05, 3.63) is 49.2 Å². The van der Waals surface area contributed by atoms with E-state index in [-0.39, 0.29) is 5.91 Å². The lowest BCUT2D eigenvalue weighted by atomic mass is 10.2. The molecule has 0 spiro atoms. The maximum Gasteiger partial charge on any atom is 0.265 e. The fourth-order valence-corrected chi connectivity index (χ4v) is 2.70. The van der Waals surface area contributed by atoms with Gasteiger partial charge in [-0.05, 0) is 66.3 Å². The minimum absolute atomic E-state index is 0.0391. The highest BCUT2D eigenvalue weighted by Gasteiger charge is 2.08. The molecule has 0 aliphatic rings. The van der Waals surface area contributed by atoms with E-state index in [0.29, 0.717) is 0 Å². The third-order valence-electron chi connectivity index (χ3n) is 2.39. The Morgan fingerprint density at radius 3 is 2.59 bits per heavy atom. The summed E-state index contributed by atoms with van der Waals surface area (Å²) in [5.41, 5.74) is 2.06. The summed E-state index contributed by atoms with van der Waals surface area (Å²) in [6.45, 7) is 4.05. The molecular weight excluding hydrogens is 345 g/mol. The first kappa shape index (κ1) is 12.6. The van der Waals surface area contributed by atoms with Crippen molar-refractivity contribution in [2.75, 3.05) is 5.32 Å². The fourth-order valence-electron chi connectivity index (χ4n) is 1.42. The SMILES string of the molecule is Cc1ccc(C(=O)Nc2ccc(C)c(I)c2)s1. The van der Waals surface area contributed by atoms with E-state index in [1.165, 1.54) is 16.9 Å². The van der Waals surface area contributed by atoms with Crippen LogP contribution in [0.15, 0.2) is 30.3 Å². The first-order valence-corrected chi connectivity index (χ1v) is 7.10. The summed E-state index contributed by atoms with van der Waals surface area (Å²) in [6.07, 6.45) is 0. The lowest BCUT2D eigenvalue weighted by Crippen LogP contribution is -2.10. The van der Waals surface area contributed by atoms with Gasteiger partial charge in [0.25, 0.3) is 5.91 Å². The lowest BCUT2D eigenvalue weighted by Gasteiger charge is -2.05. The third kappa shape index (κ3) is 3.07. The summed E-state index contributed by atoms with van der Waals surface area (Å²) in [6, 6.07) is 9.73. The Bertz CT molecular complexity index is 562. The number of hydrogen-bond acceptors (Lipinski definition) is 2. The molecule has 1 aromatic heterocycles. The molecule has 1 heterocycles. The molecular formula is C13H12INOS. The van der Waals surface area contributed by atoms with Gasteiger partial charge in [0.15, 0.2) is 0 Å². The van der Waals surface area contributed by atoms with Crippen LogP contribution in [0.1, 0.15) is 20.1 Å². The predicted molar refractivity (Wildman–Crippen MR) is 80.9 cm³/mol. The van der Waals surface area contributed by atoms with E-state index < -0.39 is 0 Å². The van der Waals surface area contributed by atoms with Gasteiger partial charge in [0, 0.05) is 14.1 Å². The maximum atomic E-state index is 11.9. The molecule has 0 atom stereocenters. The minimum atomic E-state index is -0.0391. The van der Waals surface area contributed by atoms with Crippen molar-refractivity contribution in [1.29, 1.82) is 0 Å². The van der Waals surface area contributed by atoms with Crippen molar-refractivity contribution in [2.24, 2.45) is 0 Å². The van der Waals surface area contributed by atoms with Gasteiger partial charge in [-0.15, -0.1) is 11.3 Å². The number of hydrogen-bond donors (Lipinski definition) is 1. The van der Waals surface area contributed by atoms with Gasteiger partial charge in [-0.1, -0.05) is 6.07 Å². The number of carbonyl (C=O) groups is 1. The molecule has 88 valence electrons. The summed E-state index contributed by atoms with van der Waals surface area (Å²) in [7, 11) is 0. The van der Waals surface area contributed by atoms with Gasteiger partial charge in [0.2, 0.25) is 0 Å². The molecule has 0 bridgehead atoms. The second-order valence-electron chi connectivity index (χ2n) is 3.83. The summed E-state index contributed by atoms with van der Waals surface area (Å²) in [4.78, 5) is 13.8. The molecule has 0 unspecified atom stereocenters. The van der Waals surface area contributed by atoms with Gasteiger partial charge in [0.1, 0.15) is 0 Å². The molecule has 17 heavy (non-hydrogen) atoms. The van der Waals surface area contributed by atoms with Gasteiger partial charge < -0.3 is 5.32 Å². The van der Waals surface area contributed by atoms with Gasteiger partial charge in [-0.3, -0.25) is 4.79 Å². The normalized spacial score (nSPS) is 10.3. The number of aryl methyl sites for hydroxylation is 2. The Morgan fingerprint density at radius 2 is 2.00 bits per heavy atom. The molecule has 2 rings (SSSR count). The first-order chi connectivity index (χ1) is 8.06. The topological polar surface area (TPSA) is 29.1 Å². The van der Waals surface area contributed by atoms with E-state index in [4.69, 9.17) is 0 Å². The zero-order chi connectivity index (χ0) is 12.4. The van der Waals surface area contributed by atoms with Crippen molar-refractivity contribution < 1.29 is 4.79 Å². The number of halogens is 1. The van der Waals surface area contributed by atoms with Gasteiger partial charge in [0.05, 0.1) is 4.88 Å². The number of carbonyl (C=O) groups excluding carboxylic acids is 1. The van der Waals surface area contributed by atoms with E-state index in [2.05, 4.69) is 34.8 Å². The van der Waals surface area contributed by atoms with Crippen LogP contribution in [0, 0.1) is 17.4 Å². The van der Waals surface area contributed by atoms with Crippen LogP contribution in [0.3, 0.4) is 0 Å². The van der Waals surface area contributed by atoms with E-state index in [1.807, 2.05) is 37.3 Å². The molecule has 1 amide bonds. The Labute approximate surface area is 118 Å². The zero-order valence-corrected chi connectivity index (χ0v) is 12.6. The summed E-state index contributed by atoms with van der Waals surface area (Å²) < 4.78 is 1.16. The van der Waals surface area contributed by atoms with Crippen molar-refractivity contribution in [1.82, 2.24) is 0 Å². The largest absolute Gasteiger partial charge is 0.321 e. The van der Waals surface area contributed by atoms with Crippen LogP contribution in [0.4, 0.5) is 5.69 Å². The summed E-state index contributed by atoms with van der Waals surface area (Å²) in [5, 5.41) is 2.91. The quantitative estimate of drug-likeness (QED) is 0.801. The third-order valence-corrected chi connectivity index (χ3v) is 4.56. The van der Waals surface area contributed by atoms with Crippen LogP contribution in [0.2, 0.25) is 0 Å². The molecule has 2 aromatic rings. The average molecular weight is 357 g/mol. The number of thiophene rings is 1. The van der Waals surface area contributed by atoms with Crippen molar-refractivity contribution in [3.63, 3.8) is 0 Å². The van der Waals surface area contributed by atoms with Gasteiger partial charge >= 0.3 is 0 Å². The van der Waals surface area contributed by atoms with Crippen molar-refractivity contribution >= 4 is 45.5 Å². The highest BCUT2D eigenvalue weighted by Crippen LogP contribution is 2.20. The molecule has 2 nitrogen and oxygen atoms in total. The van der Waals surface area contributed by atoms with Crippen LogP contribution in [0.25, 0.3) is 0 Å². The Morgan fingerprint density at radius 1 is 1.24 bits per heavy atom. The number of nitrogens with one attached hydrogen (secondary N) is 1. The van der Waals surface area contributed by atoms with Gasteiger partial charge in [-0.2, -0.15) is 0 Å². The fraction of sp³-hybridized carbons (Fsp3) is 0.154. The molecule has 0 fully saturated rings. The first-order valence-electron chi connectivity index (χ1n) is 5.20. The second kappa shape index (κ2) is 5.18.